The van der Waals surface area contributed by atoms with Crippen molar-refractivity contribution in [1.29, 1.82) is 0 Å². The van der Waals surface area contributed by atoms with Crippen molar-refractivity contribution in [3.05, 3.63) is 21.4 Å². The van der Waals surface area contributed by atoms with E-state index in [0.29, 0.717) is 13.0 Å². The molecule has 3 heteroatoms. The van der Waals surface area contributed by atoms with Crippen LogP contribution in [-0.4, -0.2) is 19.5 Å². The van der Waals surface area contributed by atoms with Gasteiger partial charge in [0.15, 0.2) is 5.78 Å². The highest BCUT2D eigenvalue weighted by molar-refractivity contribution is 7.14. The van der Waals surface area contributed by atoms with E-state index in [2.05, 4.69) is 6.07 Å². The molecule has 0 atom stereocenters. The van der Waals surface area contributed by atoms with Crippen molar-refractivity contribution in [3.8, 4) is 0 Å². The highest BCUT2D eigenvalue weighted by Crippen LogP contribution is 2.22. The molecule has 0 aliphatic rings. The SMILES string of the molecule is COCCCC(=O)c1sc(C)cc1C. The maximum atomic E-state index is 11.7. The molecule has 0 aliphatic heterocycles. The second kappa shape index (κ2) is 5.27. The van der Waals surface area contributed by atoms with Crippen molar-refractivity contribution in [3.63, 3.8) is 0 Å². The molecule has 0 fully saturated rings. The molecule has 1 heterocycles. The molecule has 1 aromatic rings. The summed E-state index contributed by atoms with van der Waals surface area (Å²) in [5.41, 5.74) is 1.11. The van der Waals surface area contributed by atoms with Crippen LogP contribution in [0.25, 0.3) is 0 Å². The summed E-state index contributed by atoms with van der Waals surface area (Å²) in [6.07, 6.45) is 1.40. The number of hydrogen-bond acceptors (Lipinski definition) is 3. The Morgan fingerprint density at radius 3 is 2.71 bits per heavy atom. The first-order chi connectivity index (χ1) is 6.65. The number of aryl methyl sites for hydroxylation is 2. The molecule has 78 valence electrons. The van der Waals surface area contributed by atoms with Gasteiger partial charge >= 0.3 is 0 Å². The van der Waals surface area contributed by atoms with Crippen LogP contribution in [0.1, 0.15) is 33.0 Å². The number of methoxy groups -OCH3 is 1. The summed E-state index contributed by atoms with van der Waals surface area (Å²) in [6.45, 7) is 4.69. The fraction of sp³-hybridized carbons (Fsp3) is 0.545. The van der Waals surface area contributed by atoms with E-state index < -0.39 is 0 Å². The lowest BCUT2D eigenvalue weighted by Crippen LogP contribution is -2.00. The van der Waals surface area contributed by atoms with Crippen LogP contribution in [-0.2, 0) is 4.74 Å². The Balaban J connectivity index is 2.56. The van der Waals surface area contributed by atoms with E-state index in [1.54, 1.807) is 18.4 Å². The molecule has 1 aromatic heterocycles. The minimum absolute atomic E-state index is 0.248. The predicted molar refractivity (Wildman–Crippen MR) is 59.2 cm³/mol. The molecule has 0 spiro atoms. The molecule has 2 nitrogen and oxygen atoms in total. The van der Waals surface area contributed by atoms with Crippen LogP contribution in [0, 0.1) is 13.8 Å². The molecule has 0 aliphatic carbocycles. The first-order valence-electron chi connectivity index (χ1n) is 4.74. The Morgan fingerprint density at radius 1 is 1.50 bits per heavy atom. The minimum atomic E-state index is 0.248. The Labute approximate surface area is 88.9 Å². The maximum absolute atomic E-state index is 11.7. The molecule has 0 saturated carbocycles. The number of carbonyl (C=O) groups is 1. The van der Waals surface area contributed by atoms with Crippen molar-refractivity contribution in [2.45, 2.75) is 26.7 Å². The van der Waals surface area contributed by atoms with Crippen LogP contribution in [0.3, 0.4) is 0 Å². The van der Waals surface area contributed by atoms with E-state index >= 15 is 0 Å². The van der Waals surface area contributed by atoms with Gasteiger partial charge in [-0.1, -0.05) is 0 Å². The topological polar surface area (TPSA) is 26.3 Å². The Hall–Kier alpha value is -0.670. The number of carbonyl (C=O) groups excluding carboxylic acids is 1. The summed E-state index contributed by atoms with van der Waals surface area (Å²) in [7, 11) is 1.66. The number of ketones is 1. The Morgan fingerprint density at radius 2 is 2.21 bits per heavy atom. The first-order valence-corrected chi connectivity index (χ1v) is 5.56. The molecule has 14 heavy (non-hydrogen) atoms. The smallest absolute Gasteiger partial charge is 0.173 e. The van der Waals surface area contributed by atoms with Crippen LogP contribution in [0.5, 0.6) is 0 Å². The van der Waals surface area contributed by atoms with Gasteiger partial charge in [-0.3, -0.25) is 4.79 Å². The monoisotopic (exact) mass is 212 g/mol. The van der Waals surface area contributed by atoms with Gasteiger partial charge in [-0.25, -0.2) is 0 Å². The fourth-order valence-corrected chi connectivity index (χ4v) is 2.40. The number of hydrogen-bond donors (Lipinski definition) is 0. The lowest BCUT2D eigenvalue weighted by molar-refractivity contribution is 0.0967. The summed E-state index contributed by atoms with van der Waals surface area (Å²) in [6, 6.07) is 2.06. The van der Waals surface area contributed by atoms with Gasteiger partial charge in [0.2, 0.25) is 0 Å². The van der Waals surface area contributed by atoms with Crippen molar-refractivity contribution in [2.75, 3.05) is 13.7 Å². The Kier molecular flexibility index (Phi) is 4.29. The Bertz CT molecular complexity index is 315. The molecule has 0 N–H and O–H groups in total. The van der Waals surface area contributed by atoms with E-state index in [-0.39, 0.29) is 5.78 Å². The number of ether oxygens (including phenoxy) is 1. The molecule has 0 radical (unpaired) electrons. The van der Waals surface area contributed by atoms with Gasteiger partial charge in [-0.05, 0) is 31.9 Å². The average molecular weight is 212 g/mol. The zero-order valence-electron chi connectivity index (χ0n) is 8.92. The third-order valence-corrected chi connectivity index (χ3v) is 3.24. The van der Waals surface area contributed by atoms with Gasteiger partial charge in [-0.2, -0.15) is 0 Å². The first kappa shape index (κ1) is 11.4. The standard InChI is InChI=1S/C11H16O2S/c1-8-7-9(2)14-11(8)10(12)5-4-6-13-3/h7H,4-6H2,1-3H3. The van der Waals surface area contributed by atoms with Crippen LogP contribution in [0.2, 0.25) is 0 Å². The quantitative estimate of drug-likeness (QED) is 0.554. The highest BCUT2D eigenvalue weighted by Gasteiger charge is 2.11. The van der Waals surface area contributed by atoms with E-state index in [9.17, 15) is 4.79 Å². The second-order valence-corrected chi connectivity index (χ2v) is 4.65. The summed E-state index contributed by atoms with van der Waals surface area (Å²) in [5.74, 6) is 0.248. The number of thiophene rings is 1. The third-order valence-electron chi connectivity index (χ3n) is 2.05. The molecule has 0 bridgehead atoms. The van der Waals surface area contributed by atoms with Crippen LogP contribution in [0.15, 0.2) is 6.07 Å². The zero-order chi connectivity index (χ0) is 10.6. The summed E-state index contributed by atoms with van der Waals surface area (Å²) >= 11 is 1.59. The van der Waals surface area contributed by atoms with Crippen LogP contribution in [0.4, 0.5) is 0 Å². The van der Waals surface area contributed by atoms with Gasteiger partial charge in [0.25, 0.3) is 0 Å². The van der Waals surface area contributed by atoms with Gasteiger partial charge < -0.3 is 4.74 Å². The average Bonchev–Trinajstić information content (AvgIpc) is 2.45. The van der Waals surface area contributed by atoms with Crippen molar-refractivity contribution < 1.29 is 9.53 Å². The van der Waals surface area contributed by atoms with Crippen LogP contribution >= 0.6 is 11.3 Å². The summed E-state index contributed by atoms with van der Waals surface area (Å²) in [5, 5.41) is 0. The summed E-state index contributed by atoms with van der Waals surface area (Å²) in [4.78, 5) is 13.8. The molecule has 0 saturated heterocycles. The molecular weight excluding hydrogens is 196 g/mol. The normalized spacial score (nSPS) is 10.5. The maximum Gasteiger partial charge on any atom is 0.173 e. The van der Waals surface area contributed by atoms with Crippen molar-refractivity contribution in [2.24, 2.45) is 0 Å². The van der Waals surface area contributed by atoms with E-state index in [0.717, 1.165) is 16.9 Å². The van der Waals surface area contributed by atoms with Crippen LogP contribution < -0.4 is 0 Å². The minimum Gasteiger partial charge on any atom is -0.385 e. The fourth-order valence-electron chi connectivity index (χ4n) is 1.41. The lowest BCUT2D eigenvalue weighted by Gasteiger charge is -1.98. The number of rotatable bonds is 5. The largest absolute Gasteiger partial charge is 0.385 e. The van der Waals surface area contributed by atoms with Gasteiger partial charge in [0.1, 0.15) is 0 Å². The lowest BCUT2D eigenvalue weighted by atomic mass is 10.1. The van der Waals surface area contributed by atoms with E-state index in [1.807, 2.05) is 13.8 Å². The second-order valence-electron chi connectivity index (χ2n) is 3.39. The van der Waals surface area contributed by atoms with Crippen molar-refractivity contribution in [1.82, 2.24) is 0 Å². The predicted octanol–water partition coefficient (Wildman–Crippen LogP) is 2.97. The molecule has 0 unspecified atom stereocenters. The zero-order valence-corrected chi connectivity index (χ0v) is 9.74. The third kappa shape index (κ3) is 2.93. The molecule has 1 rings (SSSR count). The van der Waals surface area contributed by atoms with E-state index in [4.69, 9.17) is 4.74 Å². The van der Waals surface area contributed by atoms with Gasteiger partial charge in [0.05, 0.1) is 4.88 Å². The molecule has 0 amide bonds. The van der Waals surface area contributed by atoms with Crippen molar-refractivity contribution >= 4 is 17.1 Å². The van der Waals surface area contributed by atoms with E-state index in [1.165, 1.54) is 4.88 Å². The van der Waals surface area contributed by atoms with Gasteiger partial charge in [0, 0.05) is 25.0 Å². The summed E-state index contributed by atoms with van der Waals surface area (Å²) < 4.78 is 4.91. The molecular formula is C11H16O2S. The number of Topliss-reactive ketones (excluding diaryl/α,β-unsaturated/α-hetero) is 1. The molecule has 0 aromatic carbocycles. The highest BCUT2D eigenvalue weighted by atomic mass is 32.1. The van der Waals surface area contributed by atoms with Gasteiger partial charge in [-0.15, -0.1) is 11.3 Å².